The number of hydrogen-bond acceptors (Lipinski definition) is 3. The van der Waals surface area contributed by atoms with Gasteiger partial charge in [0.25, 0.3) is 0 Å². The van der Waals surface area contributed by atoms with E-state index in [9.17, 15) is 0 Å². The topological polar surface area (TPSA) is 39.1 Å². The molecule has 1 N–H and O–H groups in total. The molecule has 0 amide bonds. The highest BCUT2D eigenvalue weighted by atomic mass is 16.5. The predicted molar refractivity (Wildman–Crippen MR) is 53.5 cm³/mol. The molecule has 2 rings (SSSR count). The average molecular weight is 193 g/mol. The molecule has 0 aliphatic carbocycles. The van der Waals surface area contributed by atoms with Gasteiger partial charge in [-0.2, -0.15) is 5.10 Å². The van der Waals surface area contributed by atoms with Crippen molar-refractivity contribution in [2.45, 2.75) is 26.0 Å². The lowest BCUT2D eigenvalue weighted by atomic mass is 10.1. The van der Waals surface area contributed by atoms with Crippen molar-refractivity contribution in [1.82, 2.24) is 15.1 Å². The Morgan fingerprint density at radius 3 is 2.79 bits per heavy atom. The molecule has 0 bridgehead atoms. The zero-order chi connectivity index (χ0) is 10.3. The van der Waals surface area contributed by atoms with Crippen LogP contribution in [0.5, 0.6) is 0 Å². The third-order valence-electron chi connectivity index (χ3n) is 2.44. The maximum absolute atomic E-state index is 5.59. The van der Waals surface area contributed by atoms with Crippen LogP contribution in [-0.2, 0) is 11.8 Å². The number of hydrogen-bond donors (Lipinski definition) is 1. The van der Waals surface area contributed by atoms with E-state index < -0.39 is 0 Å². The molecule has 2 heterocycles. The summed E-state index contributed by atoms with van der Waals surface area (Å²) < 4.78 is 7.45. The van der Waals surface area contributed by atoms with E-state index in [4.69, 9.17) is 4.74 Å². The van der Waals surface area contributed by atoms with Crippen molar-refractivity contribution in [3.05, 3.63) is 29.9 Å². The first-order valence-corrected chi connectivity index (χ1v) is 4.70. The number of ether oxygens (including phenoxy) is 1. The van der Waals surface area contributed by atoms with Gasteiger partial charge in [0.15, 0.2) is 12.0 Å². The van der Waals surface area contributed by atoms with Gasteiger partial charge < -0.3 is 10.1 Å². The molecule has 1 saturated heterocycles. The average Bonchev–Trinajstić information content (AvgIpc) is 2.55. The third-order valence-corrected chi connectivity index (χ3v) is 2.44. The van der Waals surface area contributed by atoms with E-state index >= 15 is 0 Å². The molecule has 0 spiro atoms. The van der Waals surface area contributed by atoms with Crippen molar-refractivity contribution in [3.63, 3.8) is 0 Å². The van der Waals surface area contributed by atoms with E-state index in [-0.39, 0.29) is 12.1 Å². The summed E-state index contributed by atoms with van der Waals surface area (Å²) in [5.74, 6) is 0.640. The maximum Gasteiger partial charge on any atom is 0.180 e. The van der Waals surface area contributed by atoms with Crippen molar-refractivity contribution in [3.8, 4) is 0 Å². The molecule has 1 fully saturated rings. The van der Waals surface area contributed by atoms with E-state index in [1.165, 1.54) is 0 Å². The molecule has 1 aliphatic rings. The third kappa shape index (κ3) is 1.36. The molecule has 4 nitrogen and oxygen atoms in total. The Labute approximate surface area is 83.6 Å². The second-order valence-corrected chi connectivity index (χ2v) is 3.73. The highest BCUT2D eigenvalue weighted by molar-refractivity contribution is 5.16. The summed E-state index contributed by atoms with van der Waals surface area (Å²) in [5.41, 5.74) is 2.09. The quantitative estimate of drug-likeness (QED) is 0.729. The molecule has 0 aromatic carbocycles. The van der Waals surface area contributed by atoms with Crippen molar-refractivity contribution >= 4 is 0 Å². The summed E-state index contributed by atoms with van der Waals surface area (Å²) in [6, 6.07) is 2.29. The van der Waals surface area contributed by atoms with E-state index in [2.05, 4.69) is 23.9 Å². The molecule has 0 radical (unpaired) electrons. The normalized spacial score (nSPS) is 26.1. The maximum atomic E-state index is 5.59. The van der Waals surface area contributed by atoms with Gasteiger partial charge in [0.05, 0.1) is 17.4 Å². The first-order chi connectivity index (χ1) is 6.58. The standard InChI is InChI=1S/C10H15N3O/c1-6-5-9(13(4)12-6)10-7(2)11-8(3)14-10/h5,7,10-11H,3H2,1-2,4H3. The molecular formula is C10H15N3O. The monoisotopic (exact) mass is 193 g/mol. The van der Waals surface area contributed by atoms with Gasteiger partial charge >= 0.3 is 0 Å². The van der Waals surface area contributed by atoms with Crippen molar-refractivity contribution in [2.75, 3.05) is 0 Å². The lowest BCUT2D eigenvalue weighted by Gasteiger charge is -2.13. The van der Waals surface area contributed by atoms with Gasteiger partial charge in [-0.15, -0.1) is 0 Å². The van der Waals surface area contributed by atoms with Crippen LogP contribution in [0.4, 0.5) is 0 Å². The van der Waals surface area contributed by atoms with Gasteiger partial charge in [0, 0.05) is 7.05 Å². The Kier molecular flexibility index (Phi) is 1.98. The van der Waals surface area contributed by atoms with Gasteiger partial charge in [-0.05, 0) is 26.5 Å². The van der Waals surface area contributed by atoms with Gasteiger partial charge in [0.2, 0.25) is 0 Å². The van der Waals surface area contributed by atoms with Crippen molar-refractivity contribution < 1.29 is 4.74 Å². The van der Waals surface area contributed by atoms with E-state index in [1.807, 2.05) is 24.7 Å². The van der Waals surface area contributed by atoms with Crippen LogP contribution in [0, 0.1) is 6.92 Å². The SMILES string of the molecule is C=C1NC(C)C(c2cc(C)nn2C)O1. The molecule has 14 heavy (non-hydrogen) atoms. The molecule has 1 aliphatic heterocycles. The van der Waals surface area contributed by atoms with Crippen LogP contribution in [0.2, 0.25) is 0 Å². The van der Waals surface area contributed by atoms with Gasteiger partial charge in [0.1, 0.15) is 0 Å². The Morgan fingerprint density at radius 1 is 1.64 bits per heavy atom. The van der Waals surface area contributed by atoms with Gasteiger partial charge in [-0.1, -0.05) is 0 Å². The highest BCUT2D eigenvalue weighted by Crippen LogP contribution is 2.28. The number of nitrogens with zero attached hydrogens (tertiary/aromatic N) is 2. The Balaban J connectivity index is 2.31. The fraction of sp³-hybridized carbons (Fsp3) is 0.500. The minimum atomic E-state index is 0.0219. The smallest absolute Gasteiger partial charge is 0.180 e. The number of aromatic nitrogens is 2. The van der Waals surface area contributed by atoms with E-state index in [0.29, 0.717) is 5.88 Å². The second kappa shape index (κ2) is 3.04. The number of nitrogens with one attached hydrogen (secondary N) is 1. The second-order valence-electron chi connectivity index (χ2n) is 3.73. The van der Waals surface area contributed by atoms with Crippen LogP contribution in [0.15, 0.2) is 18.5 Å². The summed E-state index contributed by atoms with van der Waals surface area (Å²) in [5, 5.41) is 7.44. The summed E-state index contributed by atoms with van der Waals surface area (Å²) >= 11 is 0. The molecule has 4 heteroatoms. The van der Waals surface area contributed by atoms with Crippen LogP contribution in [0.25, 0.3) is 0 Å². The minimum Gasteiger partial charge on any atom is -0.468 e. The largest absolute Gasteiger partial charge is 0.468 e. The molecule has 76 valence electrons. The van der Waals surface area contributed by atoms with Gasteiger partial charge in [-0.25, -0.2) is 0 Å². The Morgan fingerprint density at radius 2 is 2.36 bits per heavy atom. The fourth-order valence-corrected chi connectivity index (χ4v) is 1.83. The predicted octanol–water partition coefficient (Wildman–Crippen LogP) is 1.25. The van der Waals surface area contributed by atoms with Crippen LogP contribution >= 0.6 is 0 Å². The lowest BCUT2D eigenvalue weighted by molar-refractivity contribution is 0.147. The van der Waals surface area contributed by atoms with Crippen LogP contribution < -0.4 is 5.32 Å². The Hall–Kier alpha value is -1.45. The minimum absolute atomic E-state index is 0.0219. The molecule has 2 unspecified atom stereocenters. The lowest BCUT2D eigenvalue weighted by Crippen LogP contribution is -2.22. The summed E-state index contributed by atoms with van der Waals surface area (Å²) in [6.07, 6.45) is 0.0219. The van der Waals surface area contributed by atoms with Crippen LogP contribution in [0.1, 0.15) is 24.4 Å². The van der Waals surface area contributed by atoms with Crippen LogP contribution in [0.3, 0.4) is 0 Å². The van der Waals surface area contributed by atoms with E-state index in [0.717, 1.165) is 11.4 Å². The zero-order valence-corrected chi connectivity index (χ0v) is 8.74. The molecule has 0 saturated carbocycles. The van der Waals surface area contributed by atoms with Crippen LogP contribution in [-0.4, -0.2) is 15.8 Å². The molecule has 1 aromatic rings. The molecule has 1 aromatic heterocycles. The molecular weight excluding hydrogens is 178 g/mol. The highest BCUT2D eigenvalue weighted by Gasteiger charge is 2.30. The summed E-state index contributed by atoms with van der Waals surface area (Å²) in [6.45, 7) is 7.81. The molecule has 2 atom stereocenters. The number of rotatable bonds is 1. The summed E-state index contributed by atoms with van der Waals surface area (Å²) in [4.78, 5) is 0. The van der Waals surface area contributed by atoms with Crippen molar-refractivity contribution in [2.24, 2.45) is 7.05 Å². The van der Waals surface area contributed by atoms with Crippen molar-refractivity contribution in [1.29, 1.82) is 0 Å². The fourth-order valence-electron chi connectivity index (χ4n) is 1.83. The first-order valence-electron chi connectivity index (χ1n) is 4.70. The summed E-state index contributed by atoms with van der Waals surface area (Å²) in [7, 11) is 1.93. The first kappa shape index (κ1) is 9.12. The Bertz CT molecular complexity index is 369. The zero-order valence-electron chi connectivity index (χ0n) is 8.74. The van der Waals surface area contributed by atoms with Gasteiger partial charge in [-0.3, -0.25) is 4.68 Å². The number of aryl methyl sites for hydroxylation is 2. The van der Waals surface area contributed by atoms with E-state index in [1.54, 1.807) is 0 Å².